The van der Waals surface area contributed by atoms with Gasteiger partial charge in [0, 0.05) is 15.6 Å². The van der Waals surface area contributed by atoms with Crippen molar-refractivity contribution in [3.05, 3.63) is 29.3 Å². The average Bonchev–Trinajstić information content (AvgIpc) is 2.54. The van der Waals surface area contributed by atoms with Gasteiger partial charge in [0.25, 0.3) is 0 Å². The Kier molecular flexibility index (Phi) is 2.69. The molecule has 0 spiro atoms. The second-order valence-electron chi connectivity index (χ2n) is 6.92. The van der Waals surface area contributed by atoms with Crippen LogP contribution in [0, 0.1) is 5.92 Å². The van der Waals surface area contributed by atoms with Crippen LogP contribution in [-0.4, -0.2) is 31.1 Å². The Morgan fingerprint density at radius 1 is 1.36 bits per heavy atom. The Bertz CT molecular complexity index is 666. The molecular weight excluding hydrogens is 284 g/mol. The second-order valence-corrected chi connectivity index (χ2v) is 6.92. The van der Waals surface area contributed by atoms with Gasteiger partial charge in [-0.15, -0.1) is 0 Å². The Hall–Kier alpha value is -1.16. The summed E-state index contributed by atoms with van der Waals surface area (Å²) < 4.78 is 53.6. The van der Waals surface area contributed by atoms with Crippen LogP contribution in [0.15, 0.2) is 18.2 Å². The number of rotatable bonds is 2. The number of ether oxygens (including phenoxy) is 1. The zero-order valence-corrected chi connectivity index (χ0v) is 12.5. The number of alkyl halides is 2. The predicted molar refractivity (Wildman–Crippen MR) is 81.4 cm³/mol. The number of fused-ring (bicyclic) bond motifs is 1. The third kappa shape index (κ3) is 2.07. The van der Waals surface area contributed by atoms with Gasteiger partial charge in [0.1, 0.15) is 5.75 Å². The van der Waals surface area contributed by atoms with E-state index in [9.17, 15) is 8.78 Å². The zero-order chi connectivity index (χ0) is 17.8. The normalized spacial score (nSPS) is 36.8. The summed E-state index contributed by atoms with van der Waals surface area (Å²) in [7, 11) is 0. The molecule has 2 nitrogen and oxygen atoms in total. The van der Waals surface area contributed by atoms with E-state index in [0.29, 0.717) is 13.0 Å². The largest absolute Gasteiger partial charge is 0.435 e. The monoisotopic (exact) mass is 310 g/mol. The van der Waals surface area contributed by atoms with E-state index in [1.54, 1.807) is 17.0 Å². The molecule has 1 saturated carbocycles. The molecule has 22 heavy (non-hydrogen) atoms. The number of piperidine rings is 1. The molecule has 1 aliphatic heterocycles. The van der Waals surface area contributed by atoms with Crippen LogP contribution in [0.4, 0.5) is 8.78 Å². The third-order valence-corrected chi connectivity index (χ3v) is 6.03. The van der Waals surface area contributed by atoms with Crippen molar-refractivity contribution in [2.45, 2.75) is 56.6 Å². The summed E-state index contributed by atoms with van der Waals surface area (Å²) in [4.78, 5) is 1.70. The first-order chi connectivity index (χ1) is 11.8. The lowest BCUT2D eigenvalue weighted by Crippen LogP contribution is -2.59. The standard InChI is InChI=1S/C18H23F2NO/c1-21-9-8-18-7-3-2-4-14(18)16(21)10-12-5-6-13(11-15(12)18)22-17(19)20/h5-6,11,14,16-17H,2-4,7-10H2,1H3/t14?,16-,18-/m0/s1/i1D3. The fourth-order valence-electron chi connectivity index (χ4n) is 5.16. The van der Waals surface area contributed by atoms with Gasteiger partial charge in [0.15, 0.2) is 0 Å². The summed E-state index contributed by atoms with van der Waals surface area (Å²) in [5.74, 6) is 0.494. The maximum atomic E-state index is 12.6. The quantitative estimate of drug-likeness (QED) is 0.819. The van der Waals surface area contributed by atoms with Crippen LogP contribution in [0.2, 0.25) is 0 Å². The van der Waals surface area contributed by atoms with Crippen molar-refractivity contribution in [3.8, 4) is 5.75 Å². The molecule has 4 heteroatoms. The summed E-state index contributed by atoms with van der Waals surface area (Å²) >= 11 is 0. The maximum absolute atomic E-state index is 12.6. The molecule has 0 radical (unpaired) electrons. The lowest BCUT2D eigenvalue weighted by molar-refractivity contribution is -0.0503. The van der Waals surface area contributed by atoms with Crippen LogP contribution in [0.1, 0.15) is 47.3 Å². The summed E-state index contributed by atoms with van der Waals surface area (Å²) in [5, 5.41) is 0. The van der Waals surface area contributed by atoms with Gasteiger partial charge < -0.3 is 9.64 Å². The molecule has 0 amide bonds. The van der Waals surface area contributed by atoms with Gasteiger partial charge in [0.05, 0.1) is 0 Å². The topological polar surface area (TPSA) is 12.5 Å². The van der Waals surface area contributed by atoms with Gasteiger partial charge in [-0.05, 0) is 68.4 Å². The van der Waals surface area contributed by atoms with Crippen molar-refractivity contribution in [3.63, 3.8) is 0 Å². The van der Waals surface area contributed by atoms with E-state index in [-0.39, 0.29) is 23.1 Å². The number of halogens is 2. The fraction of sp³-hybridized carbons (Fsp3) is 0.667. The van der Waals surface area contributed by atoms with Gasteiger partial charge in [-0.3, -0.25) is 0 Å². The molecule has 1 heterocycles. The van der Waals surface area contributed by atoms with Gasteiger partial charge in [-0.1, -0.05) is 18.9 Å². The Labute approximate surface area is 134 Å². The molecule has 1 aromatic rings. The Morgan fingerprint density at radius 2 is 2.27 bits per heavy atom. The molecule has 2 fully saturated rings. The summed E-state index contributed by atoms with van der Waals surface area (Å²) in [6.45, 7) is -4.37. The lowest BCUT2D eigenvalue weighted by atomic mass is 9.52. The third-order valence-electron chi connectivity index (χ3n) is 6.03. The van der Waals surface area contributed by atoms with E-state index in [0.717, 1.165) is 43.2 Å². The van der Waals surface area contributed by atoms with Gasteiger partial charge in [0.2, 0.25) is 0 Å². The fourth-order valence-corrected chi connectivity index (χ4v) is 5.16. The highest BCUT2D eigenvalue weighted by Crippen LogP contribution is 2.55. The molecule has 2 aliphatic carbocycles. The van der Waals surface area contributed by atoms with Crippen LogP contribution in [-0.2, 0) is 11.8 Å². The number of likely N-dealkylation sites (N-methyl/N-ethyl adjacent to an activating group) is 1. The van der Waals surface area contributed by atoms with Gasteiger partial charge >= 0.3 is 6.61 Å². The number of benzene rings is 1. The minimum atomic E-state index is -2.83. The molecule has 1 unspecified atom stereocenters. The van der Waals surface area contributed by atoms with Crippen LogP contribution >= 0.6 is 0 Å². The summed E-state index contributed by atoms with van der Waals surface area (Å²) in [6.07, 6.45) is 5.69. The van der Waals surface area contributed by atoms with Crippen LogP contribution in [0.25, 0.3) is 0 Å². The summed E-state index contributed by atoms with van der Waals surface area (Å²) in [5.41, 5.74) is 2.13. The molecule has 1 saturated heterocycles. The molecule has 0 aromatic heterocycles. The Morgan fingerprint density at radius 3 is 3.09 bits per heavy atom. The summed E-state index contributed by atoms with van der Waals surface area (Å²) in [6, 6.07) is 5.24. The van der Waals surface area contributed by atoms with Crippen molar-refractivity contribution < 1.29 is 17.6 Å². The Balaban J connectivity index is 1.79. The molecule has 4 rings (SSSR count). The second kappa shape index (κ2) is 5.19. The van der Waals surface area contributed by atoms with E-state index in [2.05, 4.69) is 4.74 Å². The van der Waals surface area contributed by atoms with E-state index in [1.165, 1.54) is 0 Å². The van der Waals surface area contributed by atoms with Gasteiger partial charge in [-0.2, -0.15) is 8.78 Å². The first-order valence-corrected chi connectivity index (χ1v) is 8.16. The van der Waals surface area contributed by atoms with E-state index in [1.807, 2.05) is 6.07 Å². The first-order valence-electron chi connectivity index (χ1n) is 9.66. The lowest BCUT2D eigenvalue weighted by Gasteiger charge is -2.58. The van der Waals surface area contributed by atoms with Crippen molar-refractivity contribution in [2.24, 2.45) is 5.92 Å². The molecule has 1 aromatic carbocycles. The highest BCUT2D eigenvalue weighted by atomic mass is 19.3. The number of likely N-dealkylation sites (tertiary alicyclic amines) is 1. The van der Waals surface area contributed by atoms with Crippen LogP contribution in [0.5, 0.6) is 5.75 Å². The number of nitrogens with zero attached hydrogens (tertiary/aromatic N) is 1. The minimum absolute atomic E-state index is 0.0101. The SMILES string of the molecule is [2H]C([2H])([2H])N1CC[C@@]23CCCCC2[C@@H]1Cc1ccc(OC(F)F)cc13. The van der Waals surface area contributed by atoms with E-state index >= 15 is 0 Å². The number of hydrogen-bond donors (Lipinski definition) is 0. The molecule has 3 atom stereocenters. The zero-order valence-electron chi connectivity index (χ0n) is 15.5. The first kappa shape index (κ1) is 11.4. The molecule has 0 N–H and O–H groups in total. The van der Waals surface area contributed by atoms with Crippen molar-refractivity contribution >= 4 is 0 Å². The van der Waals surface area contributed by atoms with Crippen molar-refractivity contribution in [1.29, 1.82) is 0 Å². The number of hydrogen-bond acceptors (Lipinski definition) is 2. The molecular formula is C18H23F2NO. The maximum Gasteiger partial charge on any atom is 0.387 e. The van der Waals surface area contributed by atoms with Crippen molar-refractivity contribution in [1.82, 2.24) is 4.90 Å². The predicted octanol–water partition coefficient (Wildman–Crippen LogP) is 3.98. The average molecular weight is 310 g/mol. The highest BCUT2D eigenvalue weighted by molar-refractivity contribution is 5.45. The highest BCUT2D eigenvalue weighted by Gasteiger charge is 2.53. The molecule has 3 aliphatic rings. The van der Waals surface area contributed by atoms with E-state index < -0.39 is 13.6 Å². The van der Waals surface area contributed by atoms with Crippen LogP contribution < -0.4 is 4.74 Å². The van der Waals surface area contributed by atoms with Gasteiger partial charge in [-0.25, -0.2) is 0 Å². The minimum Gasteiger partial charge on any atom is -0.435 e. The molecule has 2 bridgehead atoms. The van der Waals surface area contributed by atoms with Crippen LogP contribution in [0.3, 0.4) is 0 Å². The van der Waals surface area contributed by atoms with Crippen molar-refractivity contribution in [2.75, 3.05) is 13.5 Å². The molecule has 120 valence electrons. The smallest absolute Gasteiger partial charge is 0.387 e. The van der Waals surface area contributed by atoms with E-state index in [4.69, 9.17) is 4.11 Å².